The van der Waals surface area contributed by atoms with Crippen molar-refractivity contribution in [2.45, 2.75) is 28.5 Å². The molecule has 0 aromatic heterocycles. The second-order valence-electron chi connectivity index (χ2n) is 4.89. The van der Waals surface area contributed by atoms with Gasteiger partial charge in [-0.25, -0.2) is 0 Å². The molecule has 0 spiro atoms. The molecule has 2 nitrogen and oxygen atoms in total. The smallest absolute Gasteiger partial charge is 0.416 e. The summed E-state index contributed by atoms with van der Waals surface area (Å²) in [4.78, 5) is 11.3. The summed E-state index contributed by atoms with van der Waals surface area (Å²) in [6.45, 7) is 0. The van der Waals surface area contributed by atoms with E-state index in [4.69, 9.17) is 28.3 Å². The predicted molar refractivity (Wildman–Crippen MR) is 64.8 cm³/mol. The Morgan fingerprint density at radius 1 is 1.00 bits per heavy atom. The van der Waals surface area contributed by atoms with Gasteiger partial charge in [0.25, 0.3) is 0 Å². The highest BCUT2D eigenvalue weighted by molar-refractivity contribution is 6.54. The summed E-state index contributed by atoms with van der Waals surface area (Å²) in [5, 5.41) is 9.15. The van der Waals surface area contributed by atoms with Crippen molar-refractivity contribution in [2.24, 2.45) is 0 Å². The number of benzene rings is 1. The highest BCUT2D eigenvalue weighted by Crippen LogP contribution is 2.65. The summed E-state index contributed by atoms with van der Waals surface area (Å²) >= 11 is 11.3. The highest BCUT2D eigenvalue weighted by atomic mass is 35.5. The van der Waals surface area contributed by atoms with Crippen molar-refractivity contribution in [1.82, 2.24) is 0 Å². The van der Waals surface area contributed by atoms with E-state index in [0.717, 1.165) is 0 Å². The Kier molecular flexibility index (Phi) is 3.66. The first-order valence-corrected chi connectivity index (χ1v) is 6.38. The minimum Gasteiger partial charge on any atom is -0.480 e. The second kappa shape index (κ2) is 4.67. The van der Waals surface area contributed by atoms with Crippen LogP contribution in [0.25, 0.3) is 0 Å². The molecule has 1 aliphatic rings. The van der Waals surface area contributed by atoms with Crippen molar-refractivity contribution in [3.63, 3.8) is 0 Å². The molecule has 0 amide bonds. The van der Waals surface area contributed by atoms with Gasteiger partial charge in [-0.2, -0.15) is 26.3 Å². The van der Waals surface area contributed by atoms with E-state index in [1.54, 1.807) is 0 Å². The second-order valence-corrected chi connectivity index (χ2v) is 6.37. The lowest BCUT2D eigenvalue weighted by Gasteiger charge is -2.19. The average molecular weight is 367 g/mol. The van der Waals surface area contributed by atoms with Crippen molar-refractivity contribution < 1.29 is 36.2 Å². The fourth-order valence-electron chi connectivity index (χ4n) is 2.16. The van der Waals surface area contributed by atoms with Gasteiger partial charge in [0.05, 0.1) is 11.1 Å². The van der Waals surface area contributed by atoms with Crippen LogP contribution in [-0.2, 0) is 22.6 Å². The highest BCUT2D eigenvalue weighted by Gasteiger charge is 2.73. The van der Waals surface area contributed by atoms with Crippen molar-refractivity contribution in [1.29, 1.82) is 0 Å². The predicted octanol–water partition coefficient (Wildman–Crippen LogP) is 4.62. The summed E-state index contributed by atoms with van der Waals surface area (Å²) in [6.07, 6.45) is -10.6. The lowest BCUT2D eigenvalue weighted by atomic mass is 9.92. The standard InChI is InChI=1S/C12H6Cl2F6O2/c13-10(14)4-9(10,8(21)22)5-1-6(11(15,16)17)3-7(2-5)12(18,19)20/h1-3H,4H2,(H,21,22). The molecule has 1 aromatic carbocycles. The van der Waals surface area contributed by atoms with Crippen LogP contribution >= 0.6 is 23.2 Å². The third-order valence-corrected chi connectivity index (χ3v) is 4.34. The van der Waals surface area contributed by atoms with Crippen LogP contribution in [0, 0.1) is 0 Å². The van der Waals surface area contributed by atoms with E-state index in [1.165, 1.54) is 0 Å². The van der Waals surface area contributed by atoms with Crippen LogP contribution in [0.3, 0.4) is 0 Å². The van der Waals surface area contributed by atoms with E-state index in [9.17, 15) is 31.1 Å². The van der Waals surface area contributed by atoms with Crippen molar-refractivity contribution >= 4 is 29.2 Å². The van der Waals surface area contributed by atoms with Crippen LogP contribution < -0.4 is 0 Å². The first-order valence-electron chi connectivity index (χ1n) is 5.63. The number of rotatable bonds is 2. The molecule has 1 saturated carbocycles. The van der Waals surface area contributed by atoms with Gasteiger partial charge < -0.3 is 5.11 Å². The maximum Gasteiger partial charge on any atom is 0.416 e. The van der Waals surface area contributed by atoms with Gasteiger partial charge in [-0.05, 0) is 23.8 Å². The largest absolute Gasteiger partial charge is 0.480 e. The zero-order valence-corrected chi connectivity index (χ0v) is 11.8. The molecule has 1 fully saturated rings. The van der Waals surface area contributed by atoms with Crippen LogP contribution in [0.2, 0.25) is 0 Å². The molecule has 1 unspecified atom stereocenters. The van der Waals surface area contributed by atoms with Gasteiger partial charge in [-0.15, -0.1) is 0 Å². The number of aliphatic carboxylic acids is 1. The lowest BCUT2D eigenvalue weighted by Crippen LogP contribution is -2.27. The molecule has 1 N–H and O–H groups in total. The van der Waals surface area contributed by atoms with Crippen molar-refractivity contribution in [3.8, 4) is 0 Å². The van der Waals surface area contributed by atoms with Crippen LogP contribution in [0.1, 0.15) is 23.1 Å². The monoisotopic (exact) mass is 366 g/mol. The zero-order valence-electron chi connectivity index (χ0n) is 10.3. The summed E-state index contributed by atoms with van der Waals surface area (Å²) in [7, 11) is 0. The summed E-state index contributed by atoms with van der Waals surface area (Å²) < 4.78 is 74.6. The number of hydrogen-bond donors (Lipinski definition) is 1. The molecule has 0 bridgehead atoms. The lowest BCUT2D eigenvalue weighted by molar-refractivity contribution is -0.144. The van der Waals surface area contributed by atoms with Crippen LogP contribution in [0.4, 0.5) is 26.3 Å². The fraction of sp³-hybridized carbons (Fsp3) is 0.417. The first-order chi connectivity index (χ1) is 9.72. The molecule has 10 heteroatoms. The molecule has 22 heavy (non-hydrogen) atoms. The van der Waals surface area contributed by atoms with E-state index in [1.807, 2.05) is 0 Å². The summed E-state index contributed by atoms with van der Waals surface area (Å²) in [5.41, 5.74) is -6.16. The first kappa shape index (κ1) is 17.2. The Morgan fingerprint density at radius 3 is 1.59 bits per heavy atom. The number of carboxylic acid groups (broad SMARTS) is 1. The minimum absolute atomic E-state index is 0.0917. The number of alkyl halides is 8. The van der Waals surface area contributed by atoms with Crippen molar-refractivity contribution in [2.75, 3.05) is 0 Å². The zero-order chi connectivity index (χ0) is 17.1. The Labute approximate surface area is 129 Å². The Balaban J connectivity index is 2.70. The van der Waals surface area contributed by atoms with Crippen LogP contribution in [0.5, 0.6) is 0 Å². The number of carbonyl (C=O) groups is 1. The molecular weight excluding hydrogens is 361 g/mol. The molecule has 1 atom stereocenters. The number of halogens is 8. The van der Waals surface area contributed by atoms with Gasteiger partial charge >= 0.3 is 18.3 Å². The summed E-state index contributed by atoms with van der Waals surface area (Å²) in [6, 6.07) is 0.567. The maximum atomic E-state index is 12.8. The van der Waals surface area contributed by atoms with Crippen LogP contribution in [0.15, 0.2) is 18.2 Å². The van der Waals surface area contributed by atoms with Gasteiger partial charge in [0.1, 0.15) is 9.75 Å². The van der Waals surface area contributed by atoms with Crippen molar-refractivity contribution in [3.05, 3.63) is 34.9 Å². The van der Waals surface area contributed by atoms with Gasteiger partial charge in [0.2, 0.25) is 0 Å². The number of carboxylic acids is 1. The SMILES string of the molecule is O=C(O)C1(c2cc(C(F)(F)F)cc(C(F)(F)F)c2)CC1(Cl)Cl. The molecule has 2 rings (SSSR count). The van der Waals surface area contributed by atoms with E-state index in [-0.39, 0.29) is 6.07 Å². The molecule has 1 aromatic rings. The molecular formula is C12H6Cl2F6O2. The normalized spacial score (nSPS) is 24.2. The average Bonchev–Trinajstić information content (AvgIpc) is 2.91. The van der Waals surface area contributed by atoms with Crippen LogP contribution in [-0.4, -0.2) is 15.4 Å². The Morgan fingerprint density at radius 2 is 1.36 bits per heavy atom. The third kappa shape index (κ3) is 2.62. The molecule has 122 valence electrons. The fourth-order valence-corrected chi connectivity index (χ4v) is 2.94. The Bertz CT molecular complexity index is 605. The molecule has 1 aliphatic carbocycles. The number of hydrogen-bond acceptors (Lipinski definition) is 1. The molecule has 0 heterocycles. The van der Waals surface area contributed by atoms with E-state index >= 15 is 0 Å². The van der Waals surface area contributed by atoms with E-state index < -0.39 is 51.2 Å². The van der Waals surface area contributed by atoms with Gasteiger partial charge in [0.15, 0.2) is 0 Å². The minimum atomic E-state index is -5.08. The topological polar surface area (TPSA) is 37.3 Å². The quantitative estimate of drug-likeness (QED) is 0.612. The van der Waals surface area contributed by atoms with E-state index in [0.29, 0.717) is 12.1 Å². The third-order valence-electron chi connectivity index (χ3n) is 3.43. The Hall–Kier alpha value is -1.15. The van der Waals surface area contributed by atoms with Gasteiger partial charge in [-0.3, -0.25) is 4.79 Å². The van der Waals surface area contributed by atoms with E-state index in [2.05, 4.69) is 0 Å². The maximum absolute atomic E-state index is 12.8. The summed E-state index contributed by atoms with van der Waals surface area (Å²) in [5.74, 6) is -1.69. The molecule has 0 saturated heterocycles. The van der Waals surface area contributed by atoms with Gasteiger partial charge in [-0.1, -0.05) is 23.2 Å². The molecule has 0 radical (unpaired) electrons. The van der Waals surface area contributed by atoms with Gasteiger partial charge in [0, 0.05) is 6.42 Å². The molecule has 0 aliphatic heterocycles.